The van der Waals surface area contributed by atoms with Crippen molar-refractivity contribution < 1.29 is 4.74 Å². The van der Waals surface area contributed by atoms with Crippen molar-refractivity contribution in [2.45, 2.75) is 25.0 Å². The largest absolute Gasteiger partial charge is 0.380 e. The molecule has 2 aliphatic rings. The van der Waals surface area contributed by atoms with Crippen molar-refractivity contribution in [2.75, 3.05) is 36.9 Å². The van der Waals surface area contributed by atoms with Gasteiger partial charge < -0.3 is 15.4 Å². The first-order valence-corrected chi connectivity index (χ1v) is 9.62. The molecular weight excluding hydrogens is 412 g/mol. The van der Waals surface area contributed by atoms with Crippen LogP contribution in [-0.4, -0.2) is 63.5 Å². The van der Waals surface area contributed by atoms with Gasteiger partial charge in [0, 0.05) is 31.7 Å². The van der Waals surface area contributed by atoms with Gasteiger partial charge in [0.25, 0.3) is 0 Å². The molecule has 1 aliphatic heterocycles. The van der Waals surface area contributed by atoms with E-state index in [2.05, 4.69) is 51.6 Å². The highest BCUT2D eigenvalue weighted by molar-refractivity contribution is 9.10. The van der Waals surface area contributed by atoms with E-state index >= 15 is 0 Å². The molecule has 1 saturated carbocycles. The highest BCUT2D eigenvalue weighted by Gasteiger charge is 2.32. The molecule has 0 spiro atoms. The number of anilines is 3. The summed E-state index contributed by atoms with van der Waals surface area (Å²) in [5.74, 6) is 1.02. The minimum absolute atomic E-state index is 0.153. The molecule has 0 unspecified atom stereocenters. The molecule has 0 amide bonds. The molecule has 1 saturated heterocycles. The molecule has 0 bridgehead atoms. The van der Waals surface area contributed by atoms with Crippen molar-refractivity contribution in [1.29, 1.82) is 5.26 Å². The average molecular weight is 431 g/mol. The molecular formula is C17H19BrN8O. The van der Waals surface area contributed by atoms with E-state index in [1.165, 1.54) is 25.2 Å². The van der Waals surface area contributed by atoms with Gasteiger partial charge in [0.2, 0.25) is 0 Å². The molecule has 0 radical (unpaired) electrons. The minimum atomic E-state index is 0.153. The predicted octanol–water partition coefficient (Wildman–Crippen LogP) is 1.92. The predicted molar refractivity (Wildman–Crippen MR) is 103 cm³/mol. The molecule has 3 heterocycles. The van der Waals surface area contributed by atoms with Crippen LogP contribution >= 0.6 is 15.9 Å². The summed E-state index contributed by atoms with van der Waals surface area (Å²) >= 11 is 3.43. The second kappa shape index (κ2) is 8.12. The second-order valence-corrected chi connectivity index (χ2v) is 7.31. The van der Waals surface area contributed by atoms with Crippen molar-refractivity contribution in [1.82, 2.24) is 25.1 Å². The highest BCUT2D eigenvalue weighted by Crippen LogP contribution is 2.28. The summed E-state index contributed by atoms with van der Waals surface area (Å²) in [4.78, 5) is 10.6. The summed E-state index contributed by atoms with van der Waals surface area (Å²) in [6.07, 6.45) is 5.66. The zero-order valence-corrected chi connectivity index (χ0v) is 16.2. The lowest BCUT2D eigenvalue weighted by Gasteiger charge is -2.33. The third-order valence-electron chi connectivity index (χ3n) is 4.53. The number of halogens is 1. The Labute approximate surface area is 165 Å². The quantitative estimate of drug-likeness (QED) is 0.709. The van der Waals surface area contributed by atoms with Crippen LogP contribution in [0.2, 0.25) is 0 Å². The van der Waals surface area contributed by atoms with Gasteiger partial charge in [-0.2, -0.15) is 5.26 Å². The Hall–Kier alpha value is -2.35. The fourth-order valence-corrected chi connectivity index (χ4v) is 3.34. The van der Waals surface area contributed by atoms with Crippen LogP contribution in [0.15, 0.2) is 23.1 Å². The van der Waals surface area contributed by atoms with Gasteiger partial charge in [0.1, 0.15) is 11.9 Å². The number of morpholine rings is 1. The van der Waals surface area contributed by atoms with Crippen molar-refractivity contribution >= 4 is 33.3 Å². The van der Waals surface area contributed by atoms with Crippen LogP contribution in [0.25, 0.3) is 0 Å². The monoisotopic (exact) mass is 430 g/mol. The lowest BCUT2D eigenvalue weighted by Crippen LogP contribution is -2.46. The first-order chi connectivity index (χ1) is 13.2. The third kappa shape index (κ3) is 4.68. The molecule has 2 fully saturated rings. The highest BCUT2D eigenvalue weighted by atomic mass is 79.9. The Morgan fingerprint density at radius 2 is 2.15 bits per heavy atom. The molecule has 9 nitrogen and oxygen atoms in total. The van der Waals surface area contributed by atoms with Crippen molar-refractivity contribution in [3.8, 4) is 6.07 Å². The average Bonchev–Trinajstić information content (AvgIpc) is 3.55. The molecule has 0 aromatic carbocycles. The molecule has 1 aliphatic carbocycles. The zero-order valence-electron chi connectivity index (χ0n) is 14.6. The van der Waals surface area contributed by atoms with E-state index in [4.69, 9.17) is 10.00 Å². The Bertz CT molecular complexity index is 836. The van der Waals surface area contributed by atoms with Crippen LogP contribution in [-0.2, 0) is 4.74 Å². The summed E-state index contributed by atoms with van der Waals surface area (Å²) < 4.78 is 6.51. The van der Waals surface area contributed by atoms with Crippen LogP contribution in [0.5, 0.6) is 0 Å². The summed E-state index contributed by atoms with van der Waals surface area (Å²) in [6, 6.07) is 4.54. The molecule has 1 atom stereocenters. The topological polar surface area (TPSA) is 112 Å². The molecule has 4 rings (SSSR count). The summed E-state index contributed by atoms with van der Waals surface area (Å²) in [7, 11) is 0. The van der Waals surface area contributed by atoms with Gasteiger partial charge in [0.15, 0.2) is 16.1 Å². The normalized spacial score (nSPS) is 20.1. The molecule has 140 valence electrons. The third-order valence-corrected chi connectivity index (χ3v) is 5.11. The van der Waals surface area contributed by atoms with E-state index in [9.17, 15) is 0 Å². The molecule has 2 aromatic heterocycles. The fraction of sp³-hybridized carbons (Fsp3) is 0.471. The minimum Gasteiger partial charge on any atom is -0.380 e. The zero-order chi connectivity index (χ0) is 18.6. The maximum absolute atomic E-state index is 8.78. The standard InChI is InChI=1S/C17H19BrN8O/c18-17-14(21-8-13-10-26(3-4-27-13)12-1-2-12)5-15(24-25-17)23-16-9-20-11(6-19)7-22-16/h5,7,9,12-13H,1-4,8,10H2,(H2,21,22,23,24)/t13-/m0/s1. The van der Waals surface area contributed by atoms with Gasteiger partial charge in [-0.25, -0.2) is 9.97 Å². The molecule has 2 aromatic rings. The Morgan fingerprint density at radius 1 is 1.26 bits per heavy atom. The summed E-state index contributed by atoms with van der Waals surface area (Å²) in [6.45, 7) is 3.47. The van der Waals surface area contributed by atoms with Crippen LogP contribution < -0.4 is 10.6 Å². The second-order valence-electron chi connectivity index (χ2n) is 6.56. The first-order valence-electron chi connectivity index (χ1n) is 8.83. The number of nitrogens with one attached hydrogen (secondary N) is 2. The van der Waals surface area contributed by atoms with Crippen molar-refractivity contribution in [3.63, 3.8) is 0 Å². The first kappa shape index (κ1) is 18.0. The van der Waals surface area contributed by atoms with Gasteiger partial charge in [-0.15, -0.1) is 10.2 Å². The van der Waals surface area contributed by atoms with Gasteiger partial charge in [0.05, 0.1) is 30.8 Å². The van der Waals surface area contributed by atoms with Gasteiger partial charge in [-0.3, -0.25) is 4.90 Å². The number of aromatic nitrogens is 4. The van der Waals surface area contributed by atoms with E-state index in [0.717, 1.165) is 31.4 Å². The Kier molecular flexibility index (Phi) is 5.42. The smallest absolute Gasteiger partial charge is 0.158 e. The van der Waals surface area contributed by atoms with Crippen LogP contribution in [0.3, 0.4) is 0 Å². The SMILES string of the molecule is N#Cc1cnc(Nc2cc(NC[C@H]3CN(C4CC4)CCO3)c(Br)nn2)cn1. The maximum atomic E-state index is 8.78. The van der Waals surface area contributed by atoms with Gasteiger partial charge in [-0.05, 0) is 28.8 Å². The lowest BCUT2D eigenvalue weighted by molar-refractivity contribution is -0.0241. The van der Waals surface area contributed by atoms with Crippen molar-refractivity contribution in [2.24, 2.45) is 0 Å². The summed E-state index contributed by atoms with van der Waals surface area (Å²) in [5, 5.41) is 23.4. The molecule has 27 heavy (non-hydrogen) atoms. The van der Waals surface area contributed by atoms with E-state index in [0.29, 0.717) is 22.8 Å². The number of nitrogens with zero attached hydrogens (tertiary/aromatic N) is 6. The Morgan fingerprint density at radius 3 is 2.89 bits per heavy atom. The van der Waals surface area contributed by atoms with Crippen LogP contribution in [0.4, 0.5) is 17.3 Å². The van der Waals surface area contributed by atoms with Gasteiger partial charge in [-0.1, -0.05) is 0 Å². The van der Waals surface area contributed by atoms with E-state index in [1.807, 2.05) is 12.1 Å². The molecule has 10 heteroatoms. The Balaban J connectivity index is 1.37. The number of rotatable bonds is 6. The van der Waals surface area contributed by atoms with Crippen LogP contribution in [0, 0.1) is 11.3 Å². The lowest BCUT2D eigenvalue weighted by atomic mass is 10.2. The van der Waals surface area contributed by atoms with E-state index < -0.39 is 0 Å². The van der Waals surface area contributed by atoms with E-state index in [1.54, 1.807) is 0 Å². The summed E-state index contributed by atoms with van der Waals surface area (Å²) in [5.41, 5.74) is 1.08. The number of ether oxygens (including phenoxy) is 1. The number of hydrogen-bond donors (Lipinski definition) is 2. The number of nitriles is 1. The number of hydrogen-bond acceptors (Lipinski definition) is 9. The van der Waals surface area contributed by atoms with Gasteiger partial charge >= 0.3 is 0 Å². The van der Waals surface area contributed by atoms with Crippen LogP contribution in [0.1, 0.15) is 18.5 Å². The maximum Gasteiger partial charge on any atom is 0.158 e. The van der Waals surface area contributed by atoms with Crippen molar-refractivity contribution in [3.05, 3.63) is 28.8 Å². The molecule has 2 N–H and O–H groups in total. The van der Waals surface area contributed by atoms with E-state index in [-0.39, 0.29) is 11.8 Å². The fourth-order valence-electron chi connectivity index (χ4n) is 3.00.